The summed E-state index contributed by atoms with van der Waals surface area (Å²) in [5, 5.41) is 0. The van der Waals surface area contributed by atoms with Gasteiger partial charge in [0.1, 0.15) is 5.60 Å². The number of rotatable bonds is 7. The molecule has 0 spiro atoms. The topological polar surface area (TPSA) is 48.0 Å². The Morgan fingerprint density at radius 1 is 1.16 bits per heavy atom. The van der Waals surface area contributed by atoms with Crippen molar-refractivity contribution in [2.45, 2.75) is 78.1 Å². The Morgan fingerprint density at radius 3 is 2.12 bits per heavy atom. The van der Waals surface area contributed by atoms with Crippen LogP contribution in [0.25, 0.3) is 0 Å². The summed E-state index contributed by atoms with van der Waals surface area (Å²) in [5.74, 6) is 0. The molecule has 0 unspecified atom stereocenters. The summed E-state index contributed by atoms with van der Waals surface area (Å²) in [6.07, 6.45) is 2.77. The minimum Gasteiger partial charge on any atom is -0.444 e. The van der Waals surface area contributed by atoms with Crippen molar-refractivity contribution in [2.24, 2.45) is 0 Å². The van der Waals surface area contributed by atoms with Crippen LogP contribution in [0, 0.1) is 0 Å². The van der Waals surface area contributed by atoms with Crippen molar-refractivity contribution in [1.29, 1.82) is 0 Å². The summed E-state index contributed by atoms with van der Waals surface area (Å²) in [6.45, 7) is 22.5. The molecule has 0 aromatic carbocycles. The van der Waals surface area contributed by atoms with Crippen molar-refractivity contribution in [3.05, 3.63) is 24.7 Å². The maximum atomic E-state index is 12.4. The first kappa shape index (κ1) is 21.8. The van der Waals surface area contributed by atoms with E-state index in [1.807, 2.05) is 48.5 Å². The molecule has 0 aliphatic carbocycles. The highest BCUT2D eigenvalue weighted by molar-refractivity contribution is 6.54. The van der Waals surface area contributed by atoms with Crippen molar-refractivity contribution < 1.29 is 18.8 Å². The van der Waals surface area contributed by atoms with Crippen molar-refractivity contribution in [2.75, 3.05) is 13.1 Å². The van der Waals surface area contributed by atoms with Gasteiger partial charge in [-0.05, 0) is 66.8 Å². The molecule has 1 heterocycles. The average molecular weight is 351 g/mol. The number of hydrogen-bond donors (Lipinski definition) is 0. The van der Waals surface area contributed by atoms with E-state index >= 15 is 0 Å². The first-order valence-corrected chi connectivity index (χ1v) is 8.91. The van der Waals surface area contributed by atoms with Gasteiger partial charge in [0.2, 0.25) is 0 Å². The zero-order valence-electron chi connectivity index (χ0n) is 17.0. The molecule has 0 bridgehead atoms. The van der Waals surface area contributed by atoms with Gasteiger partial charge in [-0.1, -0.05) is 6.08 Å². The number of carbonyl (C=O) groups is 1. The Bertz CT molecular complexity index is 492. The van der Waals surface area contributed by atoms with Gasteiger partial charge >= 0.3 is 13.2 Å². The van der Waals surface area contributed by atoms with Crippen LogP contribution >= 0.6 is 0 Å². The number of carbonyl (C=O) groups excluding carboxylic acids is 1. The molecule has 6 heteroatoms. The summed E-state index contributed by atoms with van der Waals surface area (Å²) < 4.78 is 17.5. The monoisotopic (exact) mass is 351 g/mol. The minimum atomic E-state index is -0.522. The molecule has 1 aliphatic heterocycles. The van der Waals surface area contributed by atoms with E-state index in [1.165, 1.54) is 0 Å². The average Bonchev–Trinajstić information content (AvgIpc) is 2.65. The van der Waals surface area contributed by atoms with Crippen molar-refractivity contribution in [3.8, 4) is 0 Å². The molecule has 1 rings (SSSR count). The van der Waals surface area contributed by atoms with E-state index in [4.69, 9.17) is 14.0 Å². The maximum Gasteiger partial charge on any atom is 0.490 e. The molecule has 0 atom stereocenters. The van der Waals surface area contributed by atoms with Crippen LogP contribution in [-0.4, -0.2) is 48.0 Å². The summed E-state index contributed by atoms with van der Waals surface area (Å²) in [4.78, 5) is 14.1. The minimum absolute atomic E-state index is 0.323. The van der Waals surface area contributed by atoms with Crippen molar-refractivity contribution >= 4 is 13.2 Å². The summed E-state index contributed by atoms with van der Waals surface area (Å²) in [7, 11) is -0.454. The third-order valence-electron chi connectivity index (χ3n) is 4.54. The Kier molecular flexibility index (Phi) is 6.93. The number of ether oxygens (including phenoxy) is 1. The van der Waals surface area contributed by atoms with Gasteiger partial charge < -0.3 is 18.9 Å². The van der Waals surface area contributed by atoms with E-state index in [-0.39, 0.29) is 6.09 Å². The molecule has 1 amide bonds. The maximum absolute atomic E-state index is 12.4. The van der Waals surface area contributed by atoms with Crippen LogP contribution in [0.3, 0.4) is 0 Å². The Labute approximate surface area is 153 Å². The van der Waals surface area contributed by atoms with Crippen LogP contribution in [0.1, 0.15) is 61.3 Å². The second kappa shape index (κ2) is 7.96. The molecule has 1 aliphatic rings. The third-order valence-corrected chi connectivity index (χ3v) is 4.54. The largest absolute Gasteiger partial charge is 0.490 e. The van der Waals surface area contributed by atoms with E-state index in [9.17, 15) is 4.79 Å². The lowest BCUT2D eigenvalue weighted by molar-refractivity contribution is 0.00578. The van der Waals surface area contributed by atoms with Crippen molar-refractivity contribution in [1.82, 2.24) is 4.90 Å². The van der Waals surface area contributed by atoms with E-state index in [0.29, 0.717) is 25.9 Å². The summed E-state index contributed by atoms with van der Waals surface area (Å²) in [5.41, 5.74) is -0.486. The molecular formula is C19H34BNO4. The van der Waals surface area contributed by atoms with Crippen LogP contribution < -0.4 is 0 Å². The SMILES string of the molecule is C=CCCN(CCC(=C)B1OC(C)(C)C(C)(C)O1)C(=O)OC(C)(C)C. The molecule has 5 nitrogen and oxygen atoms in total. The second-order valence-corrected chi connectivity index (χ2v) is 8.54. The van der Waals surface area contributed by atoms with Gasteiger partial charge in [0.15, 0.2) is 0 Å². The van der Waals surface area contributed by atoms with Gasteiger partial charge in [0, 0.05) is 13.1 Å². The fraction of sp³-hybridized carbons (Fsp3) is 0.737. The van der Waals surface area contributed by atoms with E-state index in [1.54, 1.807) is 11.0 Å². The molecule has 0 aromatic rings. The number of amides is 1. The van der Waals surface area contributed by atoms with Crippen LogP contribution in [0.4, 0.5) is 4.79 Å². The number of nitrogens with zero attached hydrogens (tertiary/aromatic N) is 1. The van der Waals surface area contributed by atoms with Gasteiger partial charge in [0.05, 0.1) is 11.2 Å². The van der Waals surface area contributed by atoms with E-state index < -0.39 is 23.9 Å². The standard InChI is InChI=1S/C19H34BNO4/c1-10-11-13-21(16(22)23-17(3,4)5)14-12-15(2)20-24-18(6,7)19(8,9)25-20/h10H,1-2,11-14H2,3-9H3. The quantitative estimate of drug-likeness (QED) is 0.505. The molecular weight excluding hydrogens is 317 g/mol. The normalized spacial score (nSPS) is 18.8. The zero-order chi connectivity index (χ0) is 19.5. The summed E-state index contributed by atoms with van der Waals surface area (Å²) in [6, 6.07) is 0. The fourth-order valence-electron chi connectivity index (χ4n) is 2.27. The Balaban J connectivity index is 2.65. The Hall–Kier alpha value is -1.27. The molecule has 0 saturated carbocycles. The van der Waals surface area contributed by atoms with Crippen LogP contribution in [-0.2, 0) is 14.0 Å². The third kappa shape index (κ3) is 6.19. The summed E-state index contributed by atoms with van der Waals surface area (Å²) >= 11 is 0. The van der Waals surface area contributed by atoms with Gasteiger partial charge in [-0.2, -0.15) is 0 Å². The molecule has 25 heavy (non-hydrogen) atoms. The molecule has 0 aromatic heterocycles. The highest BCUT2D eigenvalue weighted by atomic mass is 16.7. The van der Waals surface area contributed by atoms with Gasteiger partial charge in [0.25, 0.3) is 0 Å². The molecule has 0 N–H and O–H groups in total. The smallest absolute Gasteiger partial charge is 0.444 e. The van der Waals surface area contributed by atoms with Crippen LogP contribution in [0.2, 0.25) is 0 Å². The van der Waals surface area contributed by atoms with E-state index in [2.05, 4.69) is 13.2 Å². The molecule has 0 radical (unpaired) electrons. The predicted octanol–water partition coefficient (Wildman–Crippen LogP) is 4.38. The molecule has 142 valence electrons. The highest BCUT2D eigenvalue weighted by Crippen LogP contribution is 2.38. The first-order valence-electron chi connectivity index (χ1n) is 8.91. The molecule has 1 saturated heterocycles. The predicted molar refractivity (Wildman–Crippen MR) is 102 cm³/mol. The molecule has 1 fully saturated rings. The fourth-order valence-corrected chi connectivity index (χ4v) is 2.27. The number of hydrogen-bond acceptors (Lipinski definition) is 4. The van der Waals surface area contributed by atoms with Crippen molar-refractivity contribution in [3.63, 3.8) is 0 Å². The van der Waals surface area contributed by atoms with Gasteiger partial charge in [-0.3, -0.25) is 0 Å². The lowest BCUT2D eigenvalue weighted by atomic mass is 9.77. The lowest BCUT2D eigenvalue weighted by Gasteiger charge is -2.32. The Morgan fingerprint density at radius 2 is 1.68 bits per heavy atom. The van der Waals surface area contributed by atoms with Crippen LogP contribution in [0.15, 0.2) is 24.7 Å². The van der Waals surface area contributed by atoms with Crippen LogP contribution in [0.5, 0.6) is 0 Å². The zero-order valence-corrected chi connectivity index (χ0v) is 17.0. The lowest BCUT2D eigenvalue weighted by Crippen LogP contribution is -2.41. The first-order chi connectivity index (χ1) is 11.3. The second-order valence-electron chi connectivity index (χ2n) is 8.54. The van der Waals surface area contributed by atoms with Gasteiger partial charge in [-0.25, -0.2) is 4.79 Å². The highest BCUT2D eigenvalue weighted by Gasteiger charge is 2.51. The van der Waals surface area contributed by atoms with E-state index in [0.717, 1.165) is 5.47 Å². The van der Waals surface area contributed by atoms with Gasteiger partial charge in [-0.15, -0.1) is 13.2 Å².